The first kappa shape index (κ1) is 22.8. The molecule has 2 aliphatic rings. The monoisotopic (exact) mass is 445 g/mol. The molecule has 2 aromatic rings. The lowest BCUT2D eigenvalue weighted by Gasteiger charge is -2.22. The quantitative estimate of drug-likeness (QED) is 0.533. The molecule has 7 heteroatoms. The third-order valence-corrected chi connectivity index (χ3v) is 6.60. The third-order valence-electron chi connectivity index (χ3n) is 5.26. The topological polar surface area (TPSA) is 56.5 Å². The molecular weight excluding hydrogens is 418 g/mol. The molecule has 0 aliphatic carbocycles. The molecule has 1 aromatic heterocycles. The Balaban J connectivity index is 0.00000124. The normalized spacial score (nSPS) is 16.9. The lowest BCUT2D eigenvalue weighted by atomic mass is 9.93. The van der Waals surface area contributed by atoms with Crippen molar-refractivity contribution in [1.82, 2.24) is 9.78 Å². The second-order valence-corrected chi connectivity index (χ2v) is 8.94. The Morgan fingerprint density at radius 3 is 2.67 bits per heavy atom. The largest absolute Gasteiger partial charge is 0.381 e. The van der Waals surface area contributed by atoms with Gasteiger partial charge < -0.3 is 9.53 Å². The average Bonchev–Trinajstić information content (AvgIpc) is 3.43. The molecule has 0 radical (unpaired) electrons. The van der Waals surface area contributed by atoms with Gasteiger partial charge in [-0.05, 0) is 43.5 Å². The number of carbonyl (C=O) groups excluding carboxylic acids is 1. The number of hydrogen-bond acceptors (Lipinski definition) is 5. The highest BCUT2D eigenvalue weighted by molar-refractivity contribution is 8.03. The predicted octanol–water partition coefficient (Wildman–Crippen LogP) is 5.88. The summed E-state index contributed by atoms with van der Waals surface area (Å²) in [6.07, 6.45) is 9.48. The molecule has 1 saturated heterocycles. The van der Waals surface area contributed by atoms with Gasteiger partial charge in [0.05, 0.1) is 11.9 Å². The highest BCUT2D eigenvalue weighted by atomic mass is 35.5. The molecule has 0 bridgehead atoms. The summed E-state index contributed by atoms with van der Waals surface area (Å²) in [5.74, 6) is 0.530. The van der Waals surface area contributed by atoms with Crippen LogP contribution in [-0.2, 0) is 16.1 Å². The van der Waals surface area contributed by atoms with Gasteiger partial charge in [0.2, 0.25) is 0 Å². The number of unbranched alkanes of at least 4 members (excludes halogenated alkanes) is 1. The van der Waals surface area contributed by atoms with Gasteiger partial charge >= 0.3 is 0 Å². The fourth-order valence-corrected chi connectivity index (χ4v) is 4.81. The van der Waals surface area contributed by atoms with Crippen LogP contribution in [-0.4, -0.2) is 35.5 Å². The van der Waals surface area contributed by atoms with Crippen molar-refractivity contribution in [2.75, 3.05) is 13.2 Å². The zero-order valence-electron chi connectivity index (χ0n) is 17.3. The minimum Gasteiger partial charge on any atom is -0.381 e. The first-order valence-corrected chi connectivity index (χ1v) is 11.6. The van der Waals surface area contributed by atoms with Gasteiger partial charge in [-0.25, -0.2) is 0 Å². The van der Waals surface area contributed by atoms with Gasteiger partial charge in [-0.15, -0.1) is 0 Å². The molecular formula is C23H28ClN3O2S. The highest BCUT2D eigenvalue weighted by Crippen LogP contribution is 2.42. The van der Waals surface area contributed by atoms with E-state index in [1.165, 1.54) is 21.9 Å². The van der Waals surface area contributed by atoms with Crippen LogP contribution in [0.15, 0.2) is 51.5 Å². The van der Waals surface area contributed by atoms with Crippen molar-refractivity contribution < 1.29 is 9.53 Å². The van der Waals surface area contributed by atoms with Crippen molar-refractivity contribution in [2.45, 2.75) is 50.5 Å². The van der Waals surface area contributed by atoms with Crippen molar-refractivity contribution in [2.24, 2.45) is 10.9 Å². The van der Waals surface area contributed by atoms with E-state index in [9.17, 15) is 0 Å². The maximum atomic E-state index is 8.00. The number of allylic oxidation sites excluding steroid dienone is 1. The van der Waals surface area contributed by atoms with E-state index in [2.05, 4.69) is 30.4 Å². The second kappa shape index (κ2) is 11.5. The van der Waals surface area contributed by atoms with Crippen LogP contribution in [0.25, 0.3) is 5.70 Å². The molecule has 3 heterocycles. The summed E-state index contributed by atoms with van der Waals surface area (Å²) >= 11 is 7.85. The van der Waals surface area contributed by atoms with E-state index in [1.54, 1.807) is 11.8 Å². The molecule has 0 atom stereocenters. The van der Waals surface area contributed by atoms with E-state index in [-0.39, 0.29) is 0 Å². The van der Waals surface area contributed by atoms with Crippen molar-refractivity contribution in [1.29, 1.82) is 0 Å². The van der Waals surface area contributed by atoms with E-state index >= 15 is 0 Å². The van der Waals surface area contributed by atoms with Gasteiger partial charge in [-0.3, -0.25) is 9.67 Å². The summed E-state index contributed by atoms with van der Waals surface area (Å²) < 4.78 is 7.59. The maximum Gasteiger partial charge on any atom is 0.106 e. The third kappa shape index (κ3) is 5.84. The Morgan fingerprint density at radius 1 is 1.23 bits per heavy atom. The molecule has 4 rings (SSSR count). The molecule has 1 fully saturated rings. The van der Waals surface area contributed by atoms with Gasteiger partial charge in [-0.1, -0.05) is 36.7 Å². The van der Waals surface area contributed by atoms with Crippen LogP contribution in [0, 0.1) is 5.92 Å². The Labute approximate surface area is 187 Å². The molecule has 0 N–H and O–H groups in total. The number of thioether (sulfide) groups is 1. The van der Waals surface area contributed by atoms with Crippen LogP contribution in [0.3, 0.4) is 0 Å². The van der Waals surface area contributed by atoms with Gasteiger partial charge in [0.25, 0.3) is 0 Å². The van der Waals surface area contributed by atoms with Crippen LogP contribution in [0.5, 0.6) is 0 Å². The van der Waals surface area contributed by atoms with Crippen molar-refractivity contribution in [3.63, 3.8) is 0 Å². The SMILES string of the molecule is C=O.CCCCn1cc(C2=C(Sc3ccc(Cl)cc3)CC(C3CCOCC3)=N2)cn1. The zero-order valence-corrected chi connectivity index (χ0v) is 18.9. The van der Waals surface area contributed by atoms with Crippen molar-refractivity contribution >= 4 is 41.6 Å². The van der Waals surface area contributed by atoms with Gasteiger partial charge in [-0.2, -0.15) is 5.10 Å². The summed E-state index contributed by atoms with van der Waals surface area (Å²) in [5, 5.41) is 5.32. The van der Waals surface area contributed by atoms with Crippen molar-refractivity contribution in [3.05, 3.63) is 52.2 Å². The first-order chi connectivity index (χ1) is 14.7. The summed E-state index contributed by atoms with van der Waals surface area (Å²) in [4.78, 5) is 15.6. The van der Waals surface area contributed by atoms with Crippen LogP contribution < -0.4 is 0 Å². The number of aliphatic imine (C=N–C) groups is 1. The van der Waals surface area contributed by atoms with E-state index in [4.69, 9.17) is 26.1 Å². The standard InChI is InChI=1S/C22H26ClN3OS.CH2O/c1-2-3-10-26-15-17(14-24-26)22-21(28-19-6-4-18(23)5-7-19)13-20(25-22)16-8-11-27-12-9-16;1-2/h4-7,14-16H,2-3,8-13H2,1H3;1H2. The Hall–Kier alpha value is -1.89. The number of aromatic nitrogens is 2. The average molecular weight is 446 g/mol. The number of carbonyl (C=O) groups is 1. The van der Waals surface area contributed by atoms with Crippen LogP contribution in [0.1, 0.15) is 44.6 Å². The zero-order chi connectivity index (χ0) is 21.3. The molecule has 5 nitrogen and oxygen atoms in total. The minimum atomic E-state index is 0.530. The summed E-state index contributed by atoms with van der Waals surface area (Å²) in [5.41, 5.74) is 3.51. The number of rotatable bonds is 7. The highest BCUT2D eigenvalue weighted by Gasteiger charge is 2.28. The molecule has 30 heavy (non-hydrogen) atoms. The number of nitrogens with zero attached hydrogens (tertiary/aromatic N) is 3. The van der Waals surface area contributed by atoms with E-state index < -0.39 is 0 Å². The number of hydrogen-bond donors (Lipinski definition) is 0. The smallest absolute Gasteiger partial charge is 0.106 e. The number of benzene rings is 1. The van der Waals surface area contributed by atoms with Crippen LogP contribution in [0.4, 0.5) is 0 Å². The van der Waals surface area contributed by atoms with Gasteiger partial charge in [0.15, 0.2) is 0 Å². The first-order valence-electron chi connectivity index (χ1n) is 10.4. The van der Waals surface area contributed by atoms with E-state index in [1.807, 2.05) is 29.8 Å². The summed E-state index contributed by atoms with van der Waals surface area (Å²) in [6.45, 7) is 6.84. The van der Waals surface area contributed by atoms with Crippen LogP contribution in [0.2, 0.25) is 5.02 Å². The molecule has 1 aromatic carbocycles. The number of halogens is 1. The molecule has 0 amide bonds. The Bertz CT molecular complexity index is 886. The number of ether oxygens (including phenoxy) is 1. The fourth-order valence-electron chi connectivity index (χ4n) is 3.64. The lowest BCUT2D eigenvalue weighted by Crippen LogP contribution is -2.22. The van der Waals surface area contributed by atoms with E-state index in [0.29, 0.717) is 5.92 Å². The summed E-state index contributed by atoms with van der Waals surface area (Å²) in [7, 11) is 0. The molecule has 2 aliphatic heterocycles. The molecule has 0 unspecified atom stereocenters. The number of aryl methyl sites for hydroxylation is 1. The van der Waals surface area contributed by atoms with Crippen LogP contribution >= 0.6 is 23.4 Å². The van der Waals surface area contributed by atoms with Gasteiger partial charge in [0, 0.05) is 64.4 Å². The Kier molecular flexibility index (Phi) is 8.73. The second-order valence-electron chi connectivity index (χ2n) is 7.34. The molecule has 160 valence electrons. The maximum absolute atomic E-state index is 8.00. The lowest BCUT2D eigenvalue weighted by molar-refractivity contribution is -0.0979. The summed E-state index contributed by atoms with van der Waals surface area (Å²) in [6, 6.07) is 8.05. The Morgan fingerprint density at radius 2 is 1.97 bits per heavy atom. The molecule has 0 saturated carbocycles. The minimum absolute atomic E-state index is 0.530. The fraction of sp³-hybridized carbons (Fsp3) is 0.435. The van der Waals surface area contributed by atoms with Crippen molar-refractivity contribution in [3.8, 4) is 0 Å². The predicted molar refractivity (Wildman–Crippen MR) is 124 cm³/mol. The van der Waals surface area contributed by atoms with Gasteiger partial charge in [0.1, 0.15) is 6.79 Å². The van der Waals surface area contributed by atoms with E-state index in [0.717, 1.165) is 61.7 Å². The molecule has 0 spiro atoms.